The van der Waals surface area contributed by atoms with Gasteiger partial charge in [-0.05, 0) is 43.5 Å². The molecule has 25 heavy (non-hydrogen) atoms. The standard InChI is InChI=1S/C18H20O7/c1-11(2)17(21)23-7-3-4-12-8-13(16(19)20)5-6-15(12)18(22)25-10-14-9-24-14/h5-6,8,14H,1,3-4,7,9-10H2,2H3,(H,19,20). The first-order chi connectivity index (χ1) is 11.9. The van der Waals surface area contributed by atoms with Crippen molar-refractivity contribution < 1.29 is 33.7 Å². The average molecular weight is 348 g/mol. The summed E-state index contributed by atoms with van der Waals surface area (Å²) in [5.74, 6) is -2.09. The van der Waals surface area contributed by atoms with E-state index in [9.17, 15) is 14.4 Å². The molecule has 1 saturated heterocycles. The molecule has 0 bridgehead atoms. The monoisotopic (exact) mass is 348 g/mol. The number of aryl methyl sites for hydroxylation is 1. The zero-order chi connectivity index (χ0) is 18.4. The summed E-state index contributed by atoms with van der Waals surface area (Å²) in [6, 6.07) is 4.24. The van der Waals surface area contributed by atoms with Gasteiger partial charge in [0, 0.05) is 5.57 Å². The van der Waals surface area contributed by atoms with Crippen molar-refractivity contribution in [2.75, 3.05) is 19.8 Å². The Bertz CT molecular complexity index is 689. The molecule has 2 rings (SSSR count). The van der Waals surface area contributed by atoms with Crippen LogP contribution in [0, 0.1) is 0 Å². The van der Waals surface area contributed by atoms with E-state index in [1.165, 1.54) is 18.2 Å². The Morgan fingerprint density at radius 3 is 2.64 bits per heavy atom. The van der Waals surface area contributed by atoms with Gasteiger partial charge >= 0.3 is 17.9 Å². The predicted octanol–water partition coefficient (Wildman–Crippen LogP) is 1.99. The van der Waals surface area contributed by atoms with Gasteiger partial charge in [0.2, 0.25) is 0 Å². The smallest absolute Gasteiger partial charge is 0.338 e. The molecule has 0 aromatic heterocycles. The number of aromatic carboxylic acids is 1. The first-order valence-electron chi connectivity index (χ1n) is 7.86. The normalized spacial score (nSPS) is 15.3. The summed E-state index contributed by atoms with van der Waals surface area (Å²) in [6.07, 6.45) is 0.760. The quantitative estimate of drug-likeness (QED) is 0.315. The number of carboxylic acid groups (broad SMARTS) is 1. The lowest BCUT2D eigenvalue weighted by molar-refractivity contribution is -0.139. The Kier molecular flexibility index (Phi) is 6.30. The molecule has 134 valence electrons. The lowest BCUT2D eigenvalue weighted by Crippen LogP contribution is -2.14. The lowest BCUT2D eigenvalue weighted by Gasteiger charge is -2.11. The number of ether oxygens (including phenoxy) is 3. The summed E-state index contributed by atoms with van der Waals surface area (Å²) in [5, 5.41) is 9.12. The molecule has 1 aliphatic heterocycles. The summed E-state index contributed by atoms with van der Waals surface area (Å²) < 4.78 is 15.1. The predicted molar refractivity (Wildman–Crippen MR) is 87.5 cm³/mol. The third-order valence-corrected chi connectivity index (χ3v) is 3.55. The van der Waals surface area contributed by atoms with Gasteiger partial charge < -0.3 is 19.3 Å². The third-order valence-electron chi connectivity index (χ3n) is 3.55. The molecule has 7 heteroatoms. The fourth-order valence-electron chi connectivity index (χ4n) is 2.09. The highest BCUT2D eigenvalue weighted by molar-refractivity contribution is 5.94. The van der Waals surface area contributed by atoms with Crippen LogP contribution in [0.1, 0.15) is 39.6 Å². The zero-order valence-corrected chi connectivity index (χ0v) is 13.9. The maximum atomic E-state index is 12.2. The summed E-state index contributed by atoms with van der Waals surface area (Å²) in [4.78, 5) is 34.7. The Morgan fingerprint density at radius 2 is 2.04 bits per heavy atom. The van der Waals surface area contributed by atoms with Crippen molar-refractivity contribution in [1.29, 1.82) is 0 Å². The molecule has 1 N–H and O–H groups in total. The maximum Gasteiger partial charge on any atom is 0.338 e. The Hall–Kier alpha value is -2.67. The fourth-order valence-corrected chi connectivity index (χ4v) is 2.09. The number of carbonyl (C=O) groups is 3. The van der Waals surface area contributed by atoms with E-state index in [4.69, 9.17) is 19.3 Å². The second-order valence-corrected chi connectivity index (χ2v) is 5.75. The molecule has 0 aliphatic carbocycles. The van der Waals surface area contributed by atoms with Crippen LogP contribution in [0.2, 0.25) is 0 Å². The minimum absolute atomic E-state index is 0.0488. The van der Waals surface area contributed by atoms with Gasteiger partial charge in [0.05, 0.1) is 24.3 Å². The summed E-state index contributed by atoms with van der Waals surface area (Å²) in [5.41, 5.74) is 1.22. The van der Waals surface area contributed by atoms with E-state index in [0.29, 0.717) is 36.1 Å². The van der Waals surface area contributed by atoms with Crippen LogP contribution in [0.25, 0.3) is 0 Å². The molecule has 0 amide bonds. The minimum Gasteiger partial charge on any atom is -0.478 e. The van der Waals surface area contributed by atoms with Crippen molar-refractivity contribution in [1.82, 2.24) is 0 Å². The van der Waals surface area contributed by atoms with Crippen molar-refractivity contribution >= 4 is 17.9 Å². The van der Waals surface area contributed by atoms with Gasteiger partial charge in [-0.1, -0.05) is 6.58 Å². The van der Waals surface area contributed by atoms with Crippen LogP contribution >= 0.6 is 0 Å². The van der Waals surface area contributed by atoms with E-state index in [1.807, 2.05) is 0 Å². The molecule has 1 aromatic carbocycles. The van der Waals surface area contributed by atoms with E-state index in [-0.39, 0.29) is 24.9 Å². The number of carboxylic acids is 1. The first kappa shape index (κ1) is 18.7. The highest BCUT2D eigenvalue weighted by Crippen LogP contribution is 2.17. The molecule has 1 aromatic rings. The Labute approximate surface area is 145 Å². The second-order valence-electron chi connectivity index (χ2n) is 5.75. The number of epoxide rings is 1. The number of carbonyl (C=O) groups excluding carboxylic acids is 2. The number of rotatable bonds is 9. The van der Waals surface area contributed by atoms with Crippen LogP contribution in [0.5, 0.6) is 0 Å². The third kappa shape index (κ3) is 5.72. The highest BCUT2D eigenvalue weighted by Gasteiger charge is 2.25. The average Bonchev–Trinajstić information content (AvgIpc) is 3.40. The van der Waals surface area contributed by atoms with Crippen LogP contribution in [0.15, 0.2) is 30.4 Å². The molecule has 0 saturated carbocycles. The fraction of sp³-hybridized carbons (Fsp3) is 0.389. The topological polar surface area (TPSA) is 102 Å². The zero-order valence-electron chi connectivity index (χ0n) is 13.9. The van der Waals surface area contributed by atoms with Crippen LogP contribution in [0.4, 0.5) is 0 Å². The van der Waals surface area contributed by atoms with Gasteiger partial charge in [0.25, 0.3) is 0 Å². The van der Waals surface area contributed by atoms with Crippen molar-refractivity contribution in [3.8, 4) is 0 Å². The lowest BCUT2D eigenvalue weighted by atomic mass is 10.00. The van der Waals surface area contributed by atoms with E-state index in [0.717, 1.165) is 0 Å². The van der Waals surface area contributed by atoms with E-state index in [2.05, 4.69) is 6.58 Å². The summed E-state index contributed by atoms with van der Waals surface area (Å²) in [6.45, 7) is 5.94. The van der Waals surface area contributed by atoms with Crippen LogP contribution in [-0.4, -0.2) is 48.9 Å². The van der Waals surface area contributed by atoms with Gasteiger partial charge in [0.15, 0.2) is 0 Å². The summed E-state index contributed by atoms with van der Waals surface area (Å²) in [7, 11) is 0. The van der Waals surface area contributed by atoms with Gasteiger partial charge in [-0.2, -0.15) is 0 Å². The SMILES string of the molecule is C=C(C)C(=O)OCCCc1cc(C(=O)O)ccc1C(=O)OCC1CO1. The molecule has 1 unspecified atom stereocenters. The van der Waals surface area contributed by atoms with Crippen LogP contribution in [-0.2, 0) is 25.4 Å². The number of hydrogen-bond donors (Lipinski definition) is 1. The Balaban J connectivity index is 2.01. The van der Waals surface area contributed by atoms with Gasteiger partial charge in [-0.3, -0.25) is 0 Å². The number of benzene rings is 1. The second kappa shape index (κ2) is 8.43. The molecule has 1 fully saturated rings. The van der Waals surface area contributed by atoms with Crippen LogP contribution < -0.4 is 0 Å². The molecule has 0 spiro atoms. The van der Waals surface area contributed by atoms with Gasteiger partial charge in [-0.25, -0.2) is 14.4 Å². The summed E-state index contributed by atoms with van der Waals surface area (Å²) >= 11 is 0. The number of hydrogen-bond acceptors (Lipinski definition) is 6. The van der Waals surface area contributed by atoms with E-state index >= 15 is 0 Å². The van der Waals surface area contributed by atoms with E-state index < -0.39 is 17.9 Å². The highest BCUT2D eigenvalue weighted by atomic mass is 16.6. The Morgan fingerprint density at radius 1 is 1.32 bits per heavy atom. The first-order valence-corrected chi connectivity index (χ1v) is 7.86. The minimum atomic E-state index is -1.08. The van der Waals surface area contributed by atoms with Gasteiger partial charge in [0.1, 0.15) is 12.7 Å². The molecule has 1 heterocycles. The molecular formula is C18H20O7. The molecule has 1 aliphatic rings. The van der Waals surface area contributed by atoms with Crippen molar-refractivity contribution in [3.63, 3.8) is 0 Å². The molecular weight excluding hydrogens is 328 g/mol. The van der Waals surface area contributed by atoms with Crippen molar-refractivity contribution in [2.45, 2.75) is 25.9 Å². The number of esters is 2. The van der Waals surface area contributed by atoms with E-state index in [1.54, 1.807) is 6.92 Å². The van der Waals surface area contributed by atoms with Crippen LogP contribution in [0.3, 0.4) is 0 Å². The molecule has 0 radical (unpaired) electrons. The van der Waals surface area contributed by atoms with Crippen molar-refractivity contribution in [3.05, 3.63) is 47.0 Å². The maximum absolute atomic E-state index is 12.2. The van der Waals surface area contributed by atoms with Crippen molar-refractivity contribution in [2.24, 2.45) is 0 Å². The van der Waals surface area contributed by atoms with Gasteiger partial charge in [-0.15, -0.1) is 0 Å². The molecule has 1 atom stereocenters. The largest absolute Gasteiger partial charge is 0.478 e. The molecule has 7 nitrogen and oxygen atoms in total.